The van der Waals surface area contributed by atoms with E-state index in [2.05, 4.69) is 37.9 Å². The number of allylic oxidation sites excluding steroid dienone is 2. The number of fused-ring (bicyclic) bond motifs is 1. The summed E-state index contributed by atoms with van der Waals surface area (Å²) in [6, 6.07) is 16.7. The Morgan fingerprint density at radius 3 is 2.70 bits per heavy atom. The number of esters is 1. The number of nitriles is 1. The van der Waals surface area contributed by atoms with E-state index in [0.29, 0.717) is 24.9 Å². The van der Waals surface area contributed by atoms with Crippen LogP contribution in [0.2, 0.25) is 0 Å². The Labute approximate surface area is 210 Å². The summed E-state index contributed by atoms with van der Waals surface area (Å²) in [7, 11) is 0. The average molecular weight is 587 g/mol. The SMILES string of the molecule is CCOC(=O)C1=c2sc(=Cc3cccc(Br)c3)c(=O)n2C(C#N)=C(Br)C1c1cccc(N)c1. The first kappa shape index (κ1) is 23.2. The third-order valence-corrected chi connectivity index (χ3v) is 7.47. The van der Waals surface area contributed by atoms with Gasteiger partial charge in [0, 0.05) is 14.6 Å². The number of hydrogen-bond acceptors (Lipinski definition) is 6. The second-order valence-corrected chi connectivity index (χ2v) is 9.96. The number of nitrogen functional groups attached to an aromatic ring is 1. The first-order valence-corrected chi connectivity index (χ1v) is 12.3. The van der Waals surface area contributed by atoms with Crippen LogP contribution in [0.15, 0.2) is 62.3 Å². The Kier molecular flexibility index (Phi) is 6.70. The van der Waals surface area contributed by atoms with E-state index in [-0.39, 0.29) is 23.4 Å². The van der Waals surface area contributed by atoms with Crippen molar-refractivity contribution in [1.82, 2.24) is 4.57 Å². The van der Waals surface area contributed by atoms with E-state index in [1.807, 2.05) is 30.3 Å². The van der Waals surface area contributed by atoms with Crippen LogP contribution in [0.4, 0.5) is 5.69 Å². The fourth-order valence-corrected chi connectivity index (χ4v) is 6.01. The lowest BCUT2D eigenvalue weighted by molar-refractivity contribution is -0.136. The molecule has 0 radical (unpaired) electrons. The number of carbonyl (C=O) groups excluding carboxylic acids is 1. The molecule has 3 aromatic rings. The molecule has 33 heavy (non-hydrogen) atoms. The maximum Gasteiger partial charge on any atom is 0.338 e. The van der Waals surface area contributed by atoms with Crippen LogP contribution in [0.3, 0.4) is 0 Å². The second kappa shape index (κ2) is 9.51. The third kappa shape index (κ3) is 4.34. The number of hydrogen-bond donors (Lipinski definition) is 1. The molecule has 0 fully saturated rings. The molecule has 4 rings (SSSR count). The van der Waals surface area contributed by atoms with Crippen molar-refractivity contribution in [1.29, 1.82) is 5.26 Å². The van der Waals surface area contributed by atoms with Gasteiger partial charge in [-0.25, -0.2) is 4.79 Å². The van der Waals surface area contributed by atoms with Crippen LogP contribution < -0.4 is 20.5 Å². The van der Waals surface area contributed by atoms with Gasteiger partial charge in [-0.3, -0.25) is 9.36 Å². The molecule has 2 N–H and O–H groups in total. The van der Waals surface area contributed by atoms with Gasteiger partial charge in [0.05, 0.1) is 22.6 Å². The van der Waals surface area contributed by atoms with Gasteiger partial charge in [0.25, 0.3) is 5.56 Å². The number of rotatable bonds is 4. The molecule has 2 heterocycles. The van der Waals surface area contributed by atoms with Crippen LogP contribution in [0.25, 0.3) is 17.3 Å². The smallest absolute Gasteiger partial charge is 0.338 e. The molecule has 0 saturated heterocycles. The van der Waals surface area contributed by atoms with E-state index in [4.69, 9.17) is 10.5 Å². The Hall–Kier alpha value is -2.93. The van der Waals surface area contributed by atoms with Crippen LogP contribution in [0, 0.1) is 11.3 Å². The predicted octanol–water partition coefficient (Wildman–Crippen LogP) is 3.68. The number of nitrogens with zero attached hydrogens (tertiary/aromatic N) is 2. The van der Waals surface area contributed by atoms with Gasteiger partial charge in [-0.05, 0) is 48.4 Å². The lowest BCUT2D eigenvalue weighted by Gasteiger charge is -2.24. The van der Waals surface area contributed by atoms with Crippen molar-refractivity contribution in [3.8, 4) is 6.07 Å². The van der Waals surface area contributed by atoms with E-state index >= 15 is 0 Å². The maximum absolute atomic E-state index is 13.4. The highest BCUT2D eigenvalue weighted by Gasteiger charge is 2.36. The first-order chi connectivity index (χ1) is 15.8. The summed E-state index contributed by atoms with van der Waals surface area (Å²) in [4.78, 5) is 26.5. The Bertz CT molecular complexity index is 1530. The highest BCUT2D eigenvalue weighted by atomic mass is 79.9. The van der Waals surface area contributed by atoms with Crippen LogP contribution >= 0.6 is 43.2 Å². The molecule has 6 nitrogen and oxygen atoms in total. The van der Waals surface area contributed by atoms with Gasteiger partial charge in [-0.15, -0.1) is 11.3 Å². The quantitative estimate of drug-likeness (QED) is 0.371. The van der Waals surface area contributed by atoms with Crippen LogP contribution in [-0.4, -0.2) is 17.1 Å². The van der Waals surface area contributed by atoms with Gasteiger partial charge in [-0.1, -0.05) is 56.1 Å². The van der Waals surface area contributed by atoms with E-state index in [9.17, 15) is 14.9 Å². The molecule has 1 unspecified atom stereocenters. The zero-order valence-electron chi connectivity index (χ0n) is 17.3. The number of anilines is 1. The minimum atomic E-state index is -0.640. The van der Waals surface area contributed by atoms with Gasteiger partial charge in [0.2, 0.25) is 0 Å². The highest BCUT2D eigenvalue weighted by molar-refractivity contribution is 9.12. The maximum atomic E-state index is 13.4. The number of benzene rings is 2. The molecule has 2 aromatic carbocycles. The molecule has 0 spiro atoms. The normalized spacial score (nSPS) is 15.9. The predicted molar refractivity (Wildman–Crippen MR) is 137 cm³/mol. The van der Waals surface area contributed by atoms with Gasteiger partial charge in [-0.2, -0.15) is 5.26 Å². The number of ether oxygens (including phenoxy) is 1. The van der Waals surface area contributed by atoms with Gasteiger partial charge in [0.15, 0.2) is 0 Å². The molecule has 0 bridgehead atoms. The summed E-state index contributed by atoms with van der Waals surface area (Å²) < 4.78 is 8.69. The van der Waals surface area contributed by atoms with E-state index in [0.717, 1.165) is 21.4 Å². The zero-order valence-corrected chi connectivity index (χ0v) is 21.3. The standard InChI is InChI=1S/C24H17Br2N3O3S/c1-2-32-24(31)20-19(14-6-4-8-16(28)11-14)21(26)17(12-27)29-22(30)18(33-23(20)29)10-13-5-3-7-15(25)9-13/h3-11,19H,2,28H2,1H3. The molecule has 0 amide bonds. The minimum Gasteiger partial charge on any atom is -0.463 e. The first-order valence-electron chi connectivity index (χ1n) is 9.91. The van der Waals surface area contributed by atoms with Gasteiger partial charge >= 0.3 is 5.97 Å². The number of carbonyl (C=O) groups is 1. The number of halogens is 2. The van der Waals surface area contributed by atoms with Crippen LogP contribution in [-0.2, 0) is 9.53 Å². The molecule has 1 aliphatic heterocycles. The van der Waals surface area contributed by atoms with Gasteiger partial charge in [0.1, 0.15) is 16.4 Å². The van der Waals surface area contributed by atoms with Crippen molar-refractivity contribution in [2.24, 2.45) is 0 Å². The molecule has 0 saturated carbocycles. The molecule has 9 heteroatoms. The molecular formula is C24H17Br2N3O3S. The largest absolute Gasteiger partial charge is 0.463 e. The Morgan fingerprint density at radius 2 is 2.03 bits per heavy atom. The fraction of sp³-hybridized carbons (Fsp3) is 0.125. The number of aromatic nitrogens is 1. The third-order valence-electron chi connectivity index (χ3n) is 5.04. The van der Waals surface area contributed by atoms with Crippen molar-refractivity contribution in [2.75, 3.05) is 12.3 Å². The highest BCUT2D eigenvalue weighted by Crippen LogP contribution is 2.41. The zero-order chi connectivity index (χ0) is 23.7. The number of nitrogens with two attached hydrogens (primary N) is 1. The number of thiazole rings is 1. The lowest BCUT2D eigenvalue weighted by atomic mass is 9.89. The van der Waals surface area contributed by atoms with E-state index < -0.39 is 11.9 Å². The molecule has 1 aromatic heterocycles. The van der Waals surface area contributed by atoms with E-state index in [1.165, 1.54) is 4.57 Å². The second-order valence-electron chi connectivity index (χ2n) is 7.16. The van der Waals surface area contributed by atoms with Crippen molar-refractivity contribution < 1.29 is 9.53 Å². The average Bonchev–Trinajstić information content (AvgIpc) is 3.08. The van der Waals surface area contributed by atoms with Gasteiger partial charge < -0.3 is 10.5 Å². The Morgan fingerprint density at radius 1 is 1.27 bits per heavy atom. The monoisotopic (exact) mass is 585 g/mol. The molecule has 1 atom stereocenters. The Balaban J connectivity index is 2.11. The summed E-state index contributed by atoms with van der Waals surface area (Å²) in [6.45, 7) is 1.89. The summed E-state index contributed by atoms with van der Waals surface area (Å²) in [6.07, 6.45) is 1.74. The molecule has 1 aliphatic rings. The molecule has 166 valence electrons. The van der Waals surface area contributed by atoms with Crippen molar-refractivity contribution >= 4 is 72.2 Å². The summed E-state index contributed by atoms with van der Waals surface area (Å²) in [5.41, 5.74) is 8.07. The summed E-state index contributed by atoms with van der Waals surface area (Å²) in [5, 5.41) is 9.96. The van der Waals surface area contributed by atoms with Crippen LogP contribution in [0.5, 0.6) is 0 Å². The summed E-state index contributed by atoms with van der Waals surface area (Å²) >= 11 is 8.09. The van der Waals surface area contributed by atoms with Crippen molar-refractivity contribution in [3.05, 3.63) is 88.2 Å². The molecule has 0 aliphatic carbocycles. The van der Waals surface area contributed by atoms with Crippen molar-refractivity contribution in [2.45, 2.75) is 12.8 Å². The topological polar surface area (TPSA) is 98.1 Å². The van der Waals surface area contributed by atoms with Crippen LogP contribution in [0.1, 0.15) is 24.0 Å². The van der Waals surface area contributed by atoms with Crippen molar-refractivity contribution in [3.63, 3.8) is 0 Å². The fourth-order valence-electron chi connectivity index (χ4n) is 3.68. The lowest BCUT2D eigenvalue weighted by Crippen LogP contribution is -2.37. The molecular weight excluding hydrogens is 570 g/mol. The summed E-state index contributed by atoms with van der Waals surface area (Å²) in [5.74, 6) is -1.19. The minimum absolute atomic E-state index is 0.126. The van der Waals surface area contributed by atoms with E-state index in [1.54, 1.807) is 31.2 Å².